The van der Waals surface area contributed by atoms with E-state index in [0.29, 0.717) is 31.5 Å². The van der Waals surface area contributed by atoms with Crippen molar-refractivity contribution in [1.29, 1.82) is 0 Å². The molecule has 2 saturated heterocycles. The zero-order valence-corrected chi connectivity index (χ0v) is 22.5. The van der Waals surface area contributed by atoms with E-state index in [-0.39, 0.29) is 12.5 Å². The Balaban J connectivity index is 1.51. The molecule has 2 fully saturated rings. The molecule has 4 heterocycles. The Bertz CT molecular complexity index is 1340. The summed E-state index contributed by atoms with van der Waals surface area (Å²) >= 11 is 0. The zero-order chi connectivity index (χ0) is 27.9. The molecule has 4 aliphatic rings. The number of amides is 2. The topological polar surface area (TPSA) is 96.4 Å². The Morgan fingerprint density at radius 1 is 0.950 bits per heavy atom. The Hall–Kier alpha value is -3.75. The summed E-state index contributed by atoms with van der Waals surface area (Å²) in [6, 6.07) is 17.0. The van der Waals surface area contributed by atoms with E-state index < -0.39 is 53.6 Å². The first-order valence-corrected chi connectivity index (χ1v) is 14.0. The Kier molecular flexibility index (Phi) is 6.84. The van der Waals surface area contributed by atoms with Gasteiger partial charge in [-0.15, -0.1) is 0 Å². The van der Waals surface area contributed by atoms with Crippen LogP contribution < -0.4 is 0 Å². The molecule has 40 heavy (non-hydrogen) atoms. The van der Waals surface area contributed by atoms with Gasteiger partial charge >= 0.3 is 5.97 Å². The number of fused-ring (bicyclic) bond motifs is 2. The van der Waals surface area contributed by atoms with Gasteiger partial charge in [0, 0.05) is 13.1 Å². The van der Waals surface area contributed by atoms with Crippen molar-refractivity contribution in [3.8, 4) is 0 Å². The fraction of sp³-hybridized carbons (Fsp3) is 0.406. The molecule has 0 bridgehead atoms. The Morgan fingerprint density at radius 3 is 2.38 bits per heavy atom. The quantitative estimate of drug-likeness (QED) is 0.445. The number of ether oxygens (including phenoxy) is 2. The minimum atomic E-state index is -1.41. The molecule has 2 aromatic rings. The Morgan fingerprint density at radius 2 is 1.68 bits per heavy atom. The average Bonchev–Trinajstić information content (AvgIpc) is 3.32. The van der Waals surface area contributed by atoms with Crippen LogP contribution in [0.15, 0.2) is 85.0 Å². The number of nitrogens with zero attached hydrogens (tertiary/aromatic N) is 2. The maximum Gasteiger partial charge on any atom is 0.313 e. The van der Waals surface area contributed by atoms with Crippen LogP contribution in [0.4, 0.5) is 0 Å². The number of aliphatic hydroxyl groups excluding tert-OH is 1. The highest BCUT2D eigenvalue weighted by atomic mass is 16.6. The molecule has 2 amide bonds. The second-order valence-electron chi connectivity index (χ2n) is 10.9. The van der Waals surface area contributed by atoms with Crippen LogP contribution in [0.3, 0.4) is 0 Å². The van der Waals surface area contributed by atoms with E-state index in [1.165, 1.54) is 4.90 Å². The summed E-state index contributed by atoms with van der Waals surface area (Å²) in [5.41, 5.74) is -0.843. The zero-order valence-electron chi connectivity index (χ0n) is 22.5. The lowest BCUT2D eigenvalue weighted by Crippen LogP contribution is -2.57. The van der Waals surface area contributed by atoms with Crippen LogP contribution in [0.1, 0.15) is 36.9 Å². The lowest BCUT2D eigenvalue weighted by molar-refractivity contribution is -0.163. The summed E-state index contributed by atoms with van der Waals surface area (Å²) in [5, 5.41) is 10.6. The number of aliphatic hydroxyl groups is 1. The molecule has 1 N–H and O–H groups in total. The number of likely N-dealkylation sites (tertiary alicyclic amines) is 1. The third kappa shape index (κ3) is 4.00. The summed E-state index contributed by atoms with van der Waals surface area (Å²) in [7, 11) is 0. The summed E-state index contributed by atoms with van der Waals surface area (Å²) in [6.45, 7) is 2.42. The standard InChI is InChI=1S/C32H34N2O6/c1-2-31-16-9-10-19-39-30(38)26(31)25-28(36)34(24(21-35)23-14-7-4-8-15-23)27-29(37)33(18-11-17-32(25,27)40-31)20-22-12-5-3-6-13-22/h3-9,11-17,24-27,35H,2,10,18-21H2,1H3/t24-,25+,26-,27?,31+,32+/m1/s1. The van der Waals surface area contributed by atoms with Crippen molar-refractivity contribution >= 4 is 17.8 Å². The number of hydrogen-bond acceptors (Lipinski definition) is 6. The second-order valence-corrected chi connectivity index (χ2v) is 10.9. The maximum absolute atomic E-state index is 14.6. The van der Waals surface area contributed by atoms with Gasteiger partial charge in [-0.1, -0.05) is 91.9 Å². The van der Waals surface area contributed by atoms with Gasteiger partial charge in [0.2, 0.25) is 11.8 Å². The molecule has 0 aromatic heterocycles. The minimum absolute atomic E-state index is 0.218. The van der Waals surface area contributed by atoms with Crippen molar-refractivity contribution in [1.82, 2.24) is 9.80 Å². The van der Waals surface area contributed by atoms with E-state index in [1.807, 2.05) is 91.9 Å². The van der Waals surface area contributed by atoms with Gasteiger partial charge in [-0.25, -0.2) is 0 Å². The molecule has 0 radical (unpaired) electrons. The van der Waals surface area contributed by atoms with Crippen molar-refractivity contribution in [2.45, 2.75) is 49.6 Å². The first-order chi connectivity index (χ1) is 19.5. The molecule has 8 nitrogen and oxygen atoms in total. The SMILES string of the molecule is CC[C@]12C=CCCOC(=O)[C@H]1[C@H]1C(=O)N([C@H](CO)c3ccccc3)C3C(=O)N(Cc4ccccc4)CC=C[C@@]31O2. The van der Waals surface area contributed by atoms with Gasteiger partial charge in [0.15, 0.2) is 0 Å². The third-order valence-corrected chi connectivity index (χ3v) is 8.83. The fourth-order valence-corrected chi connectivity index (χ4v) is 7.03. The van der Waals surface area contributed by atoms with E-state index in [4.69, 9.17) is 9.47 Å². The Labute approximate surface area is 233 Å². The molecule has 1 unspecified atom stereocenters. The van der Waals surface area contributed by atoms with Crippen molar-refractivity contribution in [3.63, 3.8) is 0 Å². The number of rotatable bonds is 6. The predicted molar refractivity (Wildman–Crippen MR) is 146 cm³/mol. The number of benzene rings is 2. The number of carbonyl (C=O) groups is 3. The van der Waals surface area contributed by atoms with Crippen molar-refractivity contribution in [2.24, 2.45) is 11.8 Å². The first-order valence-electron chi connectivity index (χ1n) is 14.0. The highest BCUT2D eigenvalue weighted by Gasteiger charge is 2.76. The van der Waals surface area contributed by atoms with Crippen molar-refractivity contribution in [2.75, 3.05) is 19.8 Å². The average molecular weight is 543 g/mol. The van der Waals surface area contributed by atoms with E-state index in [0.717, 1.165) is 5.56 Å². The molecule has 0 saturated carbocycles. The van der Waals surface area contributed by atoms with E-state index in [9.17, 15) is 19.5 Å². The highest BCUT2D eigenvalue weighted by Crippen LogP contribution is 2.59. The largest absolute Gasteiger partial charge is 0.465 e. The smallest absolute Gasteiger partial charge is 0.313 e. The first kappa shape index (κ1) is 26.5. The van der Waals surface area contributed by atoms with E-state index >= 15 is 0 Å². The molecule has 208 valence electrons. The molecule has 8 heteroatoms. The van der Waals surface area contributed by atoms with E-state index in [2.05, 4.69) is 0 Å². The highest BCUT2D eigenvalue weighted by molar-refractivity contribution is 5.99. The number of carbonyl (C=O) groups excluding carboxylic acids is 3. The van der Waals surface area contributed by atoms with Crippen LogP contribution in [0.2, 0.25) is 0 Å². The summed E-state index contributed by atoms with van der Waals surface area (Å²) < 4.78 is 12.5. The van der Waals surface area contributed by atoms with E-state index in [1.54, 1.807) is 4.90 Å². The molecule has 4 aliphatic heterocycles. The van der Waals surface area contributed by atoms with Crippen molar-refractivity contribution in [3.05, 3.63) is 96.1 Å². The summed E-state index contributed by atoms with van der Waals surface area (Å²) in [4.78, 5) is 46.0. The van der Waals surface area contributed by atoms with Crippen LogP contribution in [-0.4, -0.2) is 69.7 Å². The van der Waals surface area contributed by atoms with Gasteiger partial charge in [-0.05, 0) is 24.0 Å². The van der Waals surface area contributed by atoms with Crippen LogP contribution >= 0.6 is 0 Å². The lowest BCUT2D eigenvalue weighted by Gasteiger charge is -2.41. The fourth-order valence-electron chi connectivity index (χ4n) is 7.03. The number of hydrogen-bond donors (Lipinski definition) is 1. The maximum atomic E-state index is 14.6. The number of cyclic esters (lactones) is 1. The van der Waals surface area contributed by atoms with Crippen LogP contribution in [-0.2, 0) is 30.4 Å². The third-order valence-electron chi connectivity index (χ3n) is 8.83. The van der Waals surface area contributed by atoms with Gasteiger partial charge in [-0.3, -0.25) is 14.4 Å². The molecule has 6 rings (SSSR count). The van der Waals surface area contributed by atoms with Crippen LogP contribution in [0.5, 0.6) is 0 Å². The summed E-state index contributed by atoms with van der Waals surface area (Å²) in [6.07, 6.45) is 8.50. The minimum Gasteiger partial charge on any atom is -0.465 e. The normalized spacial score (nSPS) is 32.0. The molecule has 1 spiro atoms. The van der Waals surface area contributed by atoms with Crippen LogP contribution in [0.25, 0.3) is 0 Å². The van der Waals surface area contributed by atoms with Gasteiger partial charge in [0.05, 0.1) is 25.2 Å². The van der Waals surface area contributed by atoms with Crippen LogP contribution in [0, 0.1) is 11.8 Å². The molecular weight excluding hydrogens is 508 g/mol. The summed E-state index contributed by atoms with van der Waals surface area (Å²) in [5.74, 6) is -3.08. The molecule has 0 aliphatic carbocycles. The monoisotopic (exact) mass is 542 g/mol. The molecular formula is C32H34N2O6. The number of esters is 1. The van der Waals surface area contributed by atoms with Gasteiger partial charge in [-0.2, -0.15) is 0 Å². The predicted octanol–water partition coefficient (Wildman–Crippen LogP) is 3.18. The van der Waals surface area contributed by atoms with Gasteiger partial charge in [0.25, 0.3) is 0 Å². The van der Waals surface area contributed by atoms with Gasteiger partial charge in [0.1, 0.15) is 23.2 Å². The second kappa shape index (κ2) is 10.3. The van der Waals surface area contributed by atoms with Gasteiger partial charge < -0.3 is 24.4 Å². The molecule has 2 aromatic carbocycles. The lowest BCUT2D eigenvalue weighted by atomic mass is 9.73. The molecule has 6 atom stereocenters. The van der Waals surface area contributed by atoms with Crippen molar-refractivity contribution < 1.29 is 29.0 Å².